The van der Waals surface area contributed by atoms with Crippen LogP contribution in [0.2, 0.25) is 0 Å². The van der Waals surface area contributed by atoms with E-state index >= 15 is 0 Å². The summed E-state index contributed by atoms with van der Waals surface area (Å²) in [6.07, 6.45) is 1.14. The number of hydrazine groups is 1. The first-order valence-electron chi connectivity index (χ1n) is 10.4. The summed E-state index contributed by atoms with van der Waals surface area (Å²) in [5.41, 5.74) is 7.17. The van der Waals surface area contributed by atoms with Gasteiger partial charge in [-0.1, -0.05) is 30.3 Å². The lowest BCUT2D eigenvalue weighted by Gasteiger charge is -2.30. The molecule has 1 aliphatic heterocycles. The van der Waals surface area contributed by atoms with Gasteiger partial charge in [0.15, 0.2) is 0 Å². The first kappa shape index (κ1) is 22.4. The van der Waals surface area contributed by atoms with Crippen LogP contribution in [0.3, 0.4) is 0 Å². The Morgan fingerprint density at radius 2 is 1.97 bits per heavy atom. The molecule has 3 N–H and O–H groups in total. The molecule has 1 saturated carbocycles. The zero-order chi connectivity index (χ0) is 22.7. The Bertz CT molecular complexity index is 1020. The van der Waals surface area contributed by atoms with Crippen LogP contribution in [0.1, 0.15) is 30.9 Å². The molecule has 9 nitrogen and oxygen atoms in total. The summed E-state index contributed by atoms with van der Waals surface area (Å²) in [5.74, 6) is -0.816. The van der Waals surface area contributed by atoms with Crippen LogP contribution in [0, 0.1) is 22.0 Å². The second kappa shape index (κ2) is 9.76. The van der Waals surface area contributed by atoms with Gasteiger partial charge in [0.1, 0.15) is 0 Å². The summed E-state index contributed by atoms with van der Waals surface area (Å²) in [6, 6.07) is 13.2. The number of nitro groups is 1. The fraction of sp³-hybridized carbons (Fsp3) is 0.364. The third-order valence-electron chi connectivity index (χ3n) is 5.96. The maximum atomic E-state index is 13.1. The smallest absolute Gasteiger partial charge is 0.310 e. The molecule has 2 aromatic carbocycles. The second-order valence-electron chi connectivity index (χ2n) is 8.04. The van der Waals surface area contributed by atoms with Crippen molar-refractivity contribution >= 4 is 39.2 Å². The minimum absolute atomic E-state index is 0.104. The van der Waals surface area contributed by atoms with Crippen LogP contribution in [0.15, 0.2) is 53.0 Å². The third kappa shape index (κ3) is 4.98. The van der Waals surface area contributed by atoms with Gasteiger partial charge in [0.25, 0.3) is 11.6 Å². The van der Waals surface area contributed by atoms with Crippen molar-refractivity contribution in [1.29, 1.82) is 0 Å². The Morgan fingerprint density at radius 1 is 1.19 bits per heavy atom. The Morgan fingerprint density at radius 3 is 2.69 bits per heavy atom. The van der Waals surface area contributed by atoms with Crippen molar-refractivity contribution in [3.05, 3.63) is 68.7 Å². The Labute approximate surface area is 193 Å². The number of fused-ring (bicyclic) bond motifs is 1. The van der Waals surface area contributed by atoms with E-state index in [1.165, 1.54) is 18.2 Å². The van der Waals surface area contributed by atoms with E-state index in [9.17, 15) is 19.7 Å². The predicted molar refractivity (Wildman–Crippen MR) is 120 cm³/mol. The van der Waals surface area contributed by atoms with Crippen molar-refractivity contribution in [1.82, 2.24) is 10.9 Å². The number of hydrogen-bond acceptors (Lipinski definition) is 7. The van der Waals surface area contributed by atoms with Gasteiger partial charge in [0.2, 0.25) is 6.10 Å². The summed E-state index contributed by atoms with van der Waals surface area (Å²) in [4.78, 5) is 36.5. The van der Waals surface area contributed by atoms with Gasteiger partial charge in [-0.25, -0.2) is 0 Å². The van der Waals surface area contributed by atoms with Gasteiger partial charge in [-0.2, -0.15) is 0 Å². The monoisotopic (exact) mass is 502 g/mol. The van der Waals surface area contributed by atoms with E-state index in [0.717, 1.165) is 13.0 Å². The predicted octanol–water partition coefficient (Wildman–Crippen LogP) is 3.47. The van der Waals surface area contributed by atoms with E-state index in [0.29, 0.717) is 40.5 Å². The van der Waals surface area contributed by atoms with Crippen molar-refractivity contribution in [3.63, 3.8) is 0 Å². The van der Waals surface area contributed by atoms with Crippen molar-refractivity contribution in [2.45, 2.75) is 31.4 Å². The highest BCUT2D eigenvalue weighted by molar-refractivity contribution is 9.10. The molecular formula is C22H23BrN4O5. The molecule has 0 bridgehead atoms. The number of esters is 1. The van der Waals surface area contributed by atoms with Gasteiger partial charge in [-0.3, -0.25) is 30.6 Å². The first-order valence-corrected chi connectivity index (χ1v) is 11.2. The van der Waals surface area contributed by atoms with E-state index in [2.05, 4.69) is 32.1 Å². The Balaban J connectivity index is 1.50. The number of nitrogens with zero attached hydrogens (tertiary/aromatic N) is 1. The number of hydrogen-bond donors (Lipinski definition) is 3. The Kier molecular flexibility index (Phi) is 6.83. The SMILES string of the molecule is O=C(OC(C(=O)Nc1ccc([N+](=O)[O-])cc1Br)c1ccccc1)C1CCC2NNCC2C1. The molecule has 0 aromatic heterocycles. The fourth-order valence-corrected chi connectivity index (χ4v) is 4.71. The number of amides is 1. The average Bonchev–Trinajstić information content (AvgIpc) is 3.27. The molecule has 4 atom stereocenters. The maximum absolute atomic E-state index is 13.1. The molecule has 2 fully saturated rings. The molecule has 0 spiro atoms. The molecule has 2 aliphatic rings. The molecule has 10 heteroatoms. The van der Waals surface area contributed by atoms with Crippen molar-refractivity contribution < 1.29 is 19.2 Å². The summed E-state index contributed by atoms with van der Waals surface area (Å²) in [5, 5.41) is 13.7. The molecule has 1 saturated heterocycles. The number of nitrogens with one attached hydrogen (secondary N) is 3. The summed E-state index contributed by atoms with van der Waals surface area (Å²) >= 11 is 3.25. The molecule has 1 aliphatic carbocycles. The third-order valence-corrected chi connectivity index (χ3v) is 6.62. The minimum atomic E-state index is -1.14. The normalized spacial score (nSPS) is 23.1. The number of ether oxygens (including phenoxy) is 1. The van der Waals surface area contributed by atoms with Crippen LogP contribution >= 0.6 is 15.9 Å². The zero-order valence-corrected chi connectivity index (χ0v) is 18.7. The van der Waals surface area contributed by atoms with Crippen LogP contribution in [0.4, 0.5) is 11.4 Å². The van der Waals surface area contributed by atoms with Crippen molar-refractivity contribution in [3.8, 4) is 0 Å². The number of non-ortho nitro benzene ring substituents is 1. The molecule has 0 radical (unpaired) electrons. The summed E-state index contributed by atoms with van der Waals surface area (Å²) < 4.78 is 6.10. The number of carbonyl (C=O) groups excluding carboxylic acids is 2. The van der Waals surface area contributed by atoms with E-state index in [1.54, 1.807) is 24.3 Å². The molecule has 1 amide bonds. The highest BCUT2D eigenvalue weighted by Gasteiger charge is 2.38. The van der Waals surface area contributed by atoms with Gasteiger partial charge >= 0.3 is 5.97 Å². The number of carbonyl (C=O) groups is 2. The molecule has 2 aromatic rings. The maximum Gasteiger partial charge on any atom is 0.310 e. The van der Waals surface area contributed by atoms with E-state index in [1.807, 2.05) is 6.07 Å². The van der Waals surface area contributed by atoms with Crippen LogP contribution in [0.5, 0.6) is 0 Å². The number of benzene rings is 2. The van der Waals surface area contributed by atoms with E-state index in [4.69, 9.17) is 4.74 Å². The lowest BCUT2D eigenvalue weighted by molar-refractivity contribution is -0.384. The van der Waals surface area contributed by atoms with E-state index < -0.39 is 16.9 Å². The van der Waals surface area contributed by atoms with Crippen LogP contribution in [-0.4, -0.2) is 29.4 Å². The molecule has 4 rings (SSSR count). The van der Waals surface area contributed by atoms with Gasteiger partial charge in [0, 0.05) is 34.8 Å². The number of nitro benzene ring substituents is 1. The molecule has 32 heavy (non-hydrogen) atoms. The van der Waals surface area contributed by atoms with Crippen LogP contribution in [0.25, 0.3) is 0 Å². The molecule has 4 unspecified atom stereocenters. The number of anilines is 1. The Hall–Kier alpha value is -2.82. The van der Waals surface area contributed by atoms with Crippen LogP contribution < -0.4 is 16.2 Å². The van der Waals surface area contributed by atoms with Crippen molar-refractivity contribution in [2.24, 2.45) is 11.8 Å². The van der Waals surface area contributed by atoms with Gasteiger partial charge in [-0.15, -0.1) is 0 Å². The average molecular weight is 503 g/mol. The quantitative estimate of drug-likeness (QED) is 0.314. The first-order chi connectivity index (χ1) is 15.4. The molecule has 1 heterocycles. The zero-order valence-electron chi connectivity index (χ0n) is 17.1. The standard InChI is InChI=1S/C22H23BrN4O5/c23-17-11-16(27(30)31)7-9-19(17)25-21(28)20(13-4-2-1-3-5-13)32-22(29)14-6-8-18-15(10-14)12-24-26-18/h1-5,7,9,11,14-15,18,20,24,26H,6,8,10,12H2,(H,25,28). The van der Waals surface area contributed by atoms with Crippen molar-refractivity contribution in [2.75, 3.05) is 11.9 Å². The highest BCUT2D eigenvalue weighted by Crippen LogP contribution is 2.34. The molecule has 168 valence electrons. The van der Waals surface area contributed by atoms with Gasteiger partial charge in [-0.05, 0) is 47.2 Å². The fourth-order valence-electron chi connectivity index (χ4n) is 4.25. The summed E-state index contributed by atoms with van der Waals surface area (Å²) in [7, 11) is 0. The topological polar surface area (TPSA) is 123 Å². The lowest BCUT2D eigenvalue weighted by atomic mass is 9.79. The van der Waals surface area contributed by atoms with Gasteiger partial charge in [0.05, 0.1) is 16.5 Å². The number of rotatable bonds is 6. The lowest BCUT2D eigenvalue weighted by Crippen LogP contribution is -2.38. The molecular weight excluding hydrogens is 480 g/mol. The summed E-state index contributed by atoms with van der Waals surface area (Å²) in [6.45, 7) is 0.811. The van der Waals surface area contributed by atoms with Crippen LogP contribution in [-0.2, 0) is 14.3 Å². The minimum Gasteiger partial charge on any atom is -0.447 e. The van der Waals surface area contributed by atoms with E-state index in [-0.39, 0.29) is 17.6 Å². The highest BCUT2D eigenvalue weighted by atomic mass is 79.9. The largest absolute Gasteiger partial charge is 0.447 e. The second-order valence-corrected chi connectivity index (χ2v) is 8.89. The number of halogens is 1. The van der Waals surface area contributed by atoms with Gasteiger partial charge < -0.3 is 10.1 Å².